The molecule has 0 aromatic carbocycles. The molecule has 0 amide bonds. The highest BCUT2D eigenvalue weighted by Gasteiger charge is 2.14. The van der Waals surface area contributed by atoms with E-state index in [1.54, 1.807) is 0 Å². The van der Waals surface area contributed by atoms with E-state index in [1.165, 1.54) is 186 Å². The number of aliphatic carboxylic acids is 1. The van der Waals surface area contributed by atoms with E-state index >= 15 is 0 Å². The van der Waals surface area contributed by atoms with E-state index < -0.39 is 5.97 Å². The van der Waals surface area contributed by atoms with Crippen molar-refractivity contribution >= 4 is 11.9 Å². The van der Waals surface area contributed by atoms with Crippen LogP contribution in [0.5, 0.6) is 0 Å². The standard InChI is InChI=1S/C44H84O4/c1-3-5-7-8-9-10-11-12-13-14-15-16-17-18-19-20-24-27-30-33-37-41-44(47)48-42(38-34-6-4-2)39-35-31-28-25-22-21-23-26-29-32-36-40-43(45)46/h12-13,42H,3-11,14-41H2,1-2H3,(H,45,46)/b13-12-. The lowest BCUT2D eigenvalue weighted by Gasteiger charge is -2.18. The number of rotatable bonds is 40. The van der Waals surface area contributed by atoms with Gasteiger partial charge >= 0.3 is 11.9 Å². The smallest absolute Gasteiger partial charge is 0.306 e. The minimum atomic E-state index is -0.671. The second kappa shape index (κ2) is 40.1. The summed E-state index contributed by atoms with van der Waals surface area (Å²) in [6.07, 6.45) is 50.0. The molecule has 0 rings (SSSR count). The summed E-state index contributed by atoms with van der Waals surface area (Å²) in [5, 5.41) is 8.69. The van der Waals surface area contributed by atoms with Crippen LogP contribution in [0.1, 0.15) is 251 Å². The first-order chi connectivity index (χ1) is 23.6. The van der Waals surface area contributed by atoms with E-state index in [4.69, 9.17) is 9.84 Å². The average Bonchev–Trinajstić information content (AvgIpc) is 3.07. The van der Waals surface area contributed by atoms with Crippen molar-refractivity contribution in [2.45, 2.75) is 258 Å². The molecule has 0 aromatic rings. The number of ether oxygens (including phenoxy) is 1. The Balaban J connectivity index is 3.64. The van der Waals surface area contributed by atoms with Gasteiger partial charge in [-0.1, -0.05) is 187 Å². The minimum absolute atomic E-state index is 0.0350. The first kappa shape index (κ1) is 46.7. The molecule has 0 saturated carbocycles. The Morgan fingerprint density at radius 1 is 0.438 bits per heavy atom. The topological polar surface area (TPSA) is 63.6 Å². The average molecular weight is 677 g/mol. The first-order valence-electron chi connectivity index (χ1n) is 21.7. The van der Waals surface area contributed by atoms with Gasteiger partial charge in [0.05, 0.1) is 0 Å². The maximum absolute atomic E-state index is 12.6. The number of carbonyl (C=O) groups excluding carboxylic acids is 1. The molecule has 0 aliphatic carbocycles. The maximum atomic E-state index is 12.6. The summed E-state index contributed by atoms with van der Waals surface area (Å²) in [6, 6.07) is 0. The fourth-order valence-corrected chi connectivity index (χ4v) is 6.77. The molecule has 0 spiro atoms. The zero-order chi connectivity index (χ0) is 35.0. The molecule has 1 atom stereocenters. The molecule has 4 heteroatoms. The molecule has 0 aliphatic heterocycles. The molecule has 0 fully saturated rings. The van der Waals surface area contributed by atoms with Gasteiger partial charge in [-0.3, -0.25) is 9.59 Å². The molecule has 1 N–H and O–H groups in total. The van der Waals surface area contributed by atoms with Crippen molar-refractivity contribution in [3.8, 4) is 0 Å². The van der Waals surface area contributed by atoms with Gasteiger partial charge in [0.25, 0.3) is 0 Å². The quantitative estimate of drug-likeness (QED) is 0.0398. The summed E-state index contributed by atoms with van der Waals surface area (Å²) >= 11 is 0. The van der Waals surface area contributed by atoms with Crippen LogP contribution in [0.25, 0.3) is 0 Å². The Bertz CT molecular complexity index is 687. The zero-order valence-electron chi connectivity index (χ0n) is 32.6. The number of esters is 1. The maximum Gasteiger partial charge on any atom is 0.306 e. The molecule has 1 unspecified atom stereocenters. The van der Waals surface area contributed by atoms with Crippen LogP contribution in [0.2, 0.25) is 0 Å². The summed E-state index contributed by atoms with van der Waals surface area (Å²) in [5.74, 6) is -0.636. The number of allylic oxidation sites excluding steroid dienone is 2. The van der Waals surface area contributed by atoms with Crippen molar-refractivity contribution in [2.24, 2.45) is 0 Å². The van der Waals surface area contributed by atoms with E-state index in [1.807, 2.05) is 0 Å². The fraction of sp³-hybridized carbons (Fsp3) is 0.909. The largest absolute Gasteiger partial charge is 0.481 e. The van der Waals surface area contributed by atoms with E-state index in [0.29, 0.717) is 12.8 Å². The van der Waals surface area contributed by atoms with E-state index in [9.17, 15) is 9.59 Å². The Morgan fingerprint density at radius 3 is 1.17 bits per heavy atom. The molecule has 284 valence electrons. The summed E-state index contributed by atoms with van der Waals surface area (Å²) in [6.45, 7) is 4.52. The van der Waals surface area contributed by atoms with Gasteiger partial charge in [-0.2, -0.15) is 0 Å². The molecule has 0 radical (unpaired) electrons. The second-order valence-electron chi connectivity index (χ2n) is 14.9. The van der Waals surface area contributed by atoms with Crippen molar-refractivity contribution in [2.75, 3.05) is 0 Å². The number of carboxylic acid groups (broad SMARTS) is 1. The predicted octanol–water partition coefficient (Wildman–Crippen LogP) is 15.0. The van der Waals surface area contributed by atoms with Gasteiger partial charge in [0.2, 0.25) is 0 Å². The highest BCUT2D eigenvalue weighted by atomic mass is 16.5. The van der Waals surface area contributed by atoms with Crippen molar-refractivity contribution in [1.82, 2.24) is 0 Å². The van der Waals surface area contributed by atoms with Crippen LogP contribution in [0.15, 0.2) is 12.2 Å². The van der Waals surface area contributed by atoms with Gasteiger partial charge in [0.1, 0.15) is 6.10 Å². The predicted molar refractivity (Wildman–Crippen MR) is 209 cm³/mol. The SMILES string of the molecule is CCCCCCCC/C=C\CCCCCCCCCCCCCC(=O)OC(CCCCC)CCCCCCCCCCCCCC(=O)O. The molecule has 0 aliphatic rings. The van der Waals surface area contributed by atoms with Gasteiger partial charge < -0.3 is 9.84 Å². The molecular formula is C44H84O4. The van der Waals surface area contributed by atoms with E-state index in [-0.39, 0.29) is 12.1 Å². The summed E-state index contributed by atoms with van der Waals surface area (Å²) in [4.78, 5) is 23.1. The van der Waals surface area contributed by atoms with Crippen LogP contribution in [-0.4, -0.2) is 23.1 Å². The lowest BCUT2D eigenvalue weighted by atomic mass is 10.0. The number of unbranched alkanes of at least 4 members (excludes halogenated alkanes) is 29. The molecule has 0 heterocycles. The Morgan fingerprint density at radius 2 is 0.750 bits per heavy atom. The Kier molecular flexibility index (Phi) is 39.0. The van der Waals surface area contributed by atoms with Crippen LogP contribution >= 0.6 is 0 Å². The lowest BCUT2D eigenvalue weighted by molar-refractivity contribution is -0.150. The fourth-order valence-electron chi connectivity index (χ4n) is 6.77. The van der Waals surface area contributed by atoms with Gasteiger partial charge in [-0.05, 0) is 64.2 Å². The van der Waals surface area contributed by atoms with Crippen molar-refractivity contribution < 1.29 is 19.4 Å². The number of carbonyl (C=O) groups is 2. The van der Waals surface area contributed by atoms with Crippen molar-refractivity contribution in [3.05, 3.63) is 12.2 Å². The lowest BCUT2D eigenvalue weighted by Crippen LogP contribution is -2.18. The number of hydrogen-bond acceptors (Lipinski definition) is 3. The third-order valence-electron chi connectivity index (χ3n) is 9.99. The summed E-state index contributed by atoms with van der Waals surface area (Å²) < 4.78 is 5.98. The molecule has 0 bridgehead atoms. The summed E-state index contributed by atoms with van der Waals surface area (Å²) in [7, 11) is 0. The van der Waals surface area contributed by atoms with Crippen molar-refractivity contribution in [3.63, 3.8) is 0 Å². The third kappa shape index (κ3) is 39.1. The third-order valence-corrected chi connectivity index (χ3v) is 9.99. The number of hydrogen-bond donors (Lipinski definition) is 1. The Hall–Kier alpha value is -1.32. The highest BCUT2D eigenvalue weighted by Crippen LogP contribution is 2.19. The second-order valence-corrected chi connectivity index (χ2v) is 14.9. The highest BCUT2D eigenvalue weighted by molar-refractivity contribution is 5.69. The van der Waals surface area contributed by atoms with Gasteiger partial charge in [-0.25, -0.2) is 0 Å². The molecule has 48 heavy (non-hydrogen) atoms. The van der Waals surface area contributed by atoms with Crippen LogP contribution in [0.3, 0.4) is 0 Å². The Labute approximate surface area is 300 Å². The molecule has 4 nitrogen and oxygen atoms in total. The van der Waals surface area contributed by atoms with Crippen LogP contribution in [0, 0.1) is 0 Å². The van der Waals surface area contributed by atoms with E-state index in [2.05, 4.69) is 26.0 Å². The minimum Gasteiger partial charge on any atom is -0.481 e. The van der Waals surface area contributed by atoms with Gasteiger partial charge in [0.15, 0.2) is 0 Å². The van der Waals surface area contributed by atoms with Crippen molar-refractivity contribution in [1.29, 1.82) is 0 Å². The monoisotopic (exact) mass is 677 g/mol. The zero-order valence-corrected chi connectivity index (χ0v) is 32.6. The van der Waals surface area contributed by atoms with Crippen LogP contribution < -0.4 is 0 Å². The first-order valence-corrected chi connectivity index (χ1v) is 21.7. The van der Waals surface area contributed by atoms with Gasteiger partial charge in [0, 0.05) is 12.8 Å². The van der Waals surface area contributed by atoms with E-state index in [0.717, 1.165) is 38.5 Å². The molecule has 0 saturated heterocycles. The van der Waals surface area contributed by atoms with Gasteiger partial charge in [-0.15, -0.1) is 0 Å². The molecule has 0 aromatic heterocycles. The number of carboxylic acids is 1. The summed E-state index contributed by atoms with van der Waals surface area (Å²) in [5.41, 5.74) is 0. The normalized spacial score (nSPS) is 12.2. The van der Waals surface area contributed by atoms with Crippen LogP contribution in [0.4, 0.5) is 0 Å². The molecular weight excluding hydrogens is 592 g/mol. The van der Waals surface area contributed by atoms with Crippen LogP contribution in [-0.2, 0) is 14.3 Å².